The highest BCUT2D eigenvalue weighted by atomic mass is 14.3. The normalized spacial score (nSPS) is 20.7. The van der Waals surface area contributed by atoms with Crippen LogP contribution in [0.2, 0.25) is 0 Å². The number of hydrogen-bond donors (Lipinski definition) is 0. The van der Waals surface area contributed by atoms with Gasteiger partial charge in [0.1, 0.15) is 0 Å². The molecule has 76 valence electrons. The number of allylic oxidation sites excluding steroid dienone is 6. The van der Waals surface area contributed by atoms with Crippen molar-refractivity contribution in [1.29, 1.82) is 0 Å². The van der Waals surface area contributed by atoms with E-state index in [4.69, 9.17) is 0 Å². The van der Waals surface area contributed by atoms with Gasteiger partial charge in [0.2, 0.25) is 0 Å². The molecule has 0 atom stereocenters. The zero-order chi connectivity index (χ0) is 10.3. The molecule has 0 aliphatic heterocycles. The van der Waals surface area contributed by atoms with Gasteiger partial charge in [-0.05, 0) is 35.8 Å². The van der Waals surface area contributed by atoms with Crippen LogP contribution in [0, 0.1) is 11.8 Å². The third kappa shape index (κ3) is 1.58. The quantitative estimate of drug-likeness (QED) is 0.607. The van der Waals surface area contributed by atoms with Crippen LogP contribution in [0.5, 0.6) is 0 Å². The molecule has 0 aromatic carbocycles. The van der Waals surface area contributed by atoms with E-state index in [1.807, 2.05) is 0 Å². The summed E-state index contributed by atoms with van der Waals surface area (Å²) in [6.07, 6.45) is 7.30. The van der Waals surface area contributed by atoms with Crippen molar-refractivity contribution in [1.82, 2.24) is 0 Å². The molecule has 0 amide bonds. The summed E-state index contributed by atoms with van der Waals surface area (Å²) in [5, 5.41) is 0. The molecule has 2 aliphatic carbocycles. The predicted octanol–water partition coefficient (Wildman–Crippen LogP) is 4.26. The second kappa shape index (κ2) is 3.42. The van der Waals surface area contributed by atoms with E-state index < -0.39 is 0 Å². The highest BCUT2D eigenvalue weighted by Crippen LogP contribution is 2.40. The third-order valence-corrected chi connectivity index (χ3v) is 3.40. The largest absolute Gasteiger partial charge is 0.0630 e. The zero-order valence-electron chi connectivity index (χ0n) is 9.72. The first-order valence-corrected chi connectivity index (χ1v) is 5.71. The van der Waals surface area contributed by atoms with E-state index in [1.165, 1.54) is 12.8 Å². The molecular formula is C14H20. The molecular weight excluding hydrogens is 168 g/mol. The molecule has 14 heavy (non-hydrogen) atoms. The minimum absolute atomic E-state index is 0.719. The molecule has 2 aliphatic rings. The van der Waals surface area contributed by atoms with Crippen molar-refractivity contribution in [3.63, 3.8) is 0 Å². The minimum Gasteiger partial charge on any atom is -0.0630 e. The molecule has 0 saturated carbocycles. The first-order valence-electron chi connectivity index (χ1n) is 5.71. The Labute approximate surface area is 87.4 Å². The maximum absolute atomic E-state index is 2.44. The van der Waals surface area contributed by atoms with E-state index in [-0.39, 0.29) is 0 Å². The van der Waals surface area contributed by atoms with Gasteiger partial charge in [-0.3, -0.25) is 0 Å². The van der Waals surface area contributed by atoms with Crippen LogP contribution in [0.15, 0.2) is 34.4 Å². The Bertz CT molecular complexity index is 301. The fraction of sp³-hybridized carbons (Fsp3) is 0.571. The van der Waals surface area contributed by atoms with Crippen molar-refractivity contribution in [3.05, 3.63) is 34.4 Å². The highest BCUT2D eigenvalue weighted by Gasteiger charge is 2.23. The molecule has 0 bridgehead atoms. The van der Waals surface area contributed by atoms with Crippen molar-refractivity contribution in [3.8, 4) is 0 Å². The molecule has 0 saturated heterocycles. The summed E-state index contributed by atoms with van der Waals surface area (Å²) in [5.41, 5.74) is 6.43. The Morgan fingerprint density at radius 3 is 1.43 bits per heavy atom. The second-order valence-corrected chi connectivity index (χ2v) is 5.15. The van der Waals surface area contributed by atoms with Crippen LogP contribution in [-0.4, -0.2) is 0 Å². The van der Waals surface area contributed by atoms with Crippen LogP contribution in [0.25, 0.3) is 0 Å². The van der Waals surface area contributed by atoms with E-state index in [2.05, 4.69) is 39.8 Å². The fourth-order valence-corrected chi connectivity index (χ4v) is 2.25. The molecule has 0 heteroatoms. The molecule has 0 N–H and O–H groups in total. The molecule has 0 spiro atoms. The average molecular weight is 188 g/mol. The van der Waals surface area contributed by atoms with Crippen molar-refractivity contribution >= 4 is 0 Å². The first kappa shape index (κ1) is 9.76. The van der Waals surface area contributed by atoms with E-state index in [1.54, 1.807) is 22.3 Å². The Balaban J connectivity index is 2.09. The van der Waals surface area contributed by atoms with Gasteiger partial charge in [0.25, 0.3) is 0 Å². The van der Waals surface area contributed by atoms with Crippen LogP contribution in [-0.2, 0) is 0 Å². The molecule has 0 radical (unpaired) electrons. The Morgan fingerprint density at radius 1 is 0.786 bits per heavy atom. The first-order chi connectivity index (χ1) is 6.58. The van der Waals surface area contributed by atoms with Crippen molar-refractivity contribution in [2.75, 3.05) is 0 Å². The molecule has 0 aromatic rings. The zero-order valence-corrected chi connectivity index (χ0v) is 9.72. The van der Waals surface area contributed by atoms with Crippen LogP contribution in [0.4, 0.5) is 0 Å². The summed E-state index contributed by atoms with van der Waals surface area (Å²) in [6, 6.07) is 0. The van der Waals surface area contributed by atoms with Gasteiger partial charge in [-0.15, -0.1) is 0 Å². The SMILES string of the molecule is CC(C)C1=CC2=C(C=C(C(C)C)C2)C1. The average Bonchev–Trinajstić information content (AvgIpc) is 2.57. The van der Waals surface area contributed by atoms with Crippen molar-refractivity contribution in [2.24, 2.45) is 11.8 Å². The topological polar surface area (TPSA) is 0 Å². The summed E-state index contributed by atoms with van der Waals surface area (Å²) in [6.45, 7) is 9.17. The molecule has 0 nitrogen and oxygen atoms in total. The van der Waals surface area contributed by atoms with Gasteiger partial charge in [-0.2, -0.15) is 0 Å². The fourth-order valence-electron chi connectivity index (χ4n) is 2.25. The molecule has 0 fully saturated rings. The van der Waals surface area contributed by atoms with Gasteiger partial charge < -0.3 is 0 Å². The Morgan fingerprint density at radius 2 is 1.14 bits per heavy atom. The summed E-state index contributed by atoms with van der Waals surface area (Å²) < 4.78 is 0. The lowest BCUT2D eigenvalue weighted by atomic mass is 9.96. The maximum atomic E-state index is 2.44. The summed E-state index contributed by atoms with van der Waals surface area (Å²) in [7, 11) is 0. The Hall–Kier alpha value is -0.780. The lowest BCUT2D eigenvalue weighted by Crippen LogP contribution is -1.94. The van der Waals surface area contributed by atoms with E-state index in [9.17, 15) is 0 Å². The second-order valence-electron chi connectivity index (χ2n) is 5.15. The van der Waals surface area contributed by atoms with Crippen LogP contribution >= 0.6 is 0 Å². The van der Waals surface area contributed by atoms with Gasteiger partial charge in [0, 0.05) is 0 Å². The standard InChI is InChI=1S/C14H20/c1-9(2)11-5-13-7-12(10(3)4)8-14(13)6-11/h5,8-10H,6-7H2,1-4H3. The Kier molecular flexibility index (Phi) is 2.38. The molecule has 0 aromatic heterocycles. The van der Waals surface area contributed by atoms with Gasteiger partial charge in [0.15, 0.2) is 0 Å². The summed E-state index contributed by atoms with van der Waals surface area (Å²) >= 11 is 0. The van der Waals surface area contributed by atoms with Crippen LogP contribution < -0.4 is 0 Å². The van der Waals surface area contributed by atoms with E-state index in [0.29, 0.717) is 0 Å². The lowest BCUT2D eigenvalue weighted by Gasteiger charge is -2.09. The molecule has 2 rings (SSSR count). The van der Waals surface area contributed by atoms with E-state index >= 15 is 0 Å². The van der Waals surface area contributed by atoms with Gasteiger partial charge in [-0.25, -0.2) is 0 Å². The van der Waals surface area contributed by atoms with Crippen LogP contribution in [0.3, 0.4) is 0 Å². The number of rotatable bonds is 2. The van der Waals surface area contributed by atoms with Crippen LogP contribution in [0.1, 0.15) is 40.5 Å². The molecule has 0 unspecified atom stereocenters. The van der Waals surface area contributed by atoms with Crippen molar-refractivity contribution in [2.45, 2.75) is 40.5 Å². The number of hydrogen-bond acceptors (Lipinski definition) is 0. The minimum atomic E-state index is 0.719. The van der Waals surface area contributed by atoms with Gasteiger partial charge >= 0.3 is 0 Å². The highest BCUT2D eigenvalue weighted by molar-refractivity contribution is 5.52. The van der Waals surface area contributed by atoms with Crippen molar-refractivity contribution < 1.29 is 0 Å². The monoisotopic (exact) mass is 188 g/mol. The molecule has 0 heterocycles. The predicted molar refractivity (Wildman–Crippen MR) is 62.1 cm³/mol. The van der Waals surface area contributed by atoms with E-state index in [0.717, 1.165) is 11.8 Å². The maximum Gasteiger partial charge on any atom is -0.00585 e. The smallest absolute Gasteiger partial charge is 0.00585 e. The van der Waals surface area contributed by atoms with Gasteiger partial charge in [-0.1, -0.05) is 51.0 Å². The summed E-state index contributed by atoms with van der Waals surface area (Å²) in [4.78, 5) is 0. The summed E-state index contributed by atoms with van der Waals surface area (Å²) in [5.74, 6) is 1.44. The third-order valence-electron chi connectivity index (χ3n) is 3.40. The lowest BCUT2D eigenvalue weighted by molar-refractivity contribution is 0.737. The van der Waals surface area contributed by atoms with Gasteiger partial charge in [0.05, 0.1) is 0 Å².